The molecule has 0 amide bonds. The van der Waals surface area contributed by atoms with Crippen LogP contribution in [0.2, 0.25) is 0 Å². The fourth-order valence-corrected chi connectivity index (χ4v) is 3.68. The van der Waals surface area contributed by atoms with E-state index in [1.807, 2.05) is 56.3 Å². The van der Waals surface area contributed by atoms with Gasteiger partial charge in [0.15, 0.2) is 0 Å². The van der Waals surface area contributed by atoms with Crippen LogP contribution in [-0.4, -0.2) is 8.42 Å². The fourth-order valence-electron chi connectivity index (χ4n) is 2.66. The fraction of sp³-hybridized carbons (Fsp3) is 0.143. The van der Waals surface area contributed by atoms with Gasteiger partial charge in [-0.1, -0.05) is 30.3 Å². The van der Waals surface area contributed by atoms with Gasteiger partial charge in [0.2, 0.25) is 10.0 Å². The molecule has 140 valence electrons. The van der Waals surface area contributed by atoms with Crippen LogP contribution in [-0.2, 0) is 16.6 Å². The van der Waals surface area contributed by atoms with Gasteiger partial charge in [-0.3, -0.25) is 0 Å². The minimum Gasteiger partial charge on any atom is -0.457 e. The van der Waals surface area contributed by atoms with Crippen molar-refractivity contribution in [2.24, 2.45) is 0 Å². The summed E-state index contributed by atoms with van der Waals surface area (Å²) < 4.78 is 33.2. The van der Waals surface area contributed by atoms with Crippen molar-refractivity contribution < 1.29 is 13.2 Å². The van der Waals surface area contributed by atoms with Gasteiger partial charge in [0.1, 0.15) is 11.5 Å². The van der Waals surface area contributed by atoms with Crippen LogP contribution in [0.5, 0.6) is 11.5 Å². The third-order valence-corrected chi connectivity index (χ3v) is 5.63. The zero-order valence-corrected chi connectivity index (χ0v) is 16.1. The van der Waals surface area contributed by atoms with Crippen molar-refractivity contribution in [1.29, 1.82) is 0 Å². The SMILES string of the molecule is Cc1cccc(C)c1Oc1ccc(CNS(=O)(=O)c2ccc(N)cc2)cc1. The van der Waals surface area contributed by atoms with Crippen molar-refractivity contribution in [2.75, 3.05) is 5.73 Å². The molecule has 0 aliphatic heterocycles. The minimum atomic E-state index is -3.58. The second kappa shape index (κ2) is 7.82. The number of hydrogen-bond acceptors (Lipinski definition) is 4. The summed E-state index contributed by atoms with van der Waals surface area (Å²) in [6.07, 6.45) is 0. The lowest BCUT2D eigenvalue weighted by molar-refractivity contribution is 0.475. The Labute approximate surface area is 159 Å². The Bertz CT molecular complexity index is 1010. The number of hydrogen-bond donors (Lipinski definition) is 2. The summed E-state index contributed by atoms with van der Waals surface area (Å²) in [4.78, 5) is 0.187. The number of aryl methyl sites for hydroxylation is 2. The summed E-state index contributed by atoms with van der Waals surface area (Å²) >= 11 is 0. The summed E-state index contributed by atoms with van der Waals surface area (Å²) in [6, 6.07) is 19.4. The Balaban J connectivity index is 1.66. The van der Waals surface area contributed by atoms with Crippen LogP contribution in [0.4, 0.5) is 5.69 Å². The first-order valence-electron chi connectivity index (χ1n) is 8.53. The van der Waals surface area contributed by atoms with E-state index >= 15 is 0 Å². The maximum atomic E-state index is 12.3. The zero-order chi connectivity index (χ0) is 19.4. The average molecular weight is 382 g/mol. The molecular weight excluding hydrogens is 360 g/mol. The molecule has 0 heterocycles. The number of nitrogen functional groups attached to an aromatic ring is 1. The van der Waals surface area contributed by atoms with Gasteiger partial charge in [-0.2, -0.15) is 0 Å². The predicted octanol–water partition coefficient (Wildman–Crippen LogP) is 4.16. The maximum absolute atomic E-state index is 12.3. The van der Waals surface area contributed by atoms with E-state index in [0.29, 0.717) is 11.4 Å². The van der Waals surface area contributed by atoms with Crippen molar-refractivity contribution in [3.8, 4) is 11.5 Å². The molecule has 3 rings (SSSR count). The molecule has 27 heavy (non-hydrogen) atoms. The van der Waals surface area contributed by atoms with Crippen LogP contribution in [0.1, 0.15) is 16.7 Å². The van der Waals surface area contributed by atoms with Gasteiger partial charge in [-0.25, -0.2) is 13.1 Å². The standard InChI is InChI=1S/C21H22N2O3S/c1-15-4-3-5-16(2)21(15)26-19-10-6-17(7-11-19)14-23-27(24,25)20-12-8-18(22)9-13-20/h3-13,23H,14,22H2,1-2H3. The molecule has 0 saturated carbocycles. The Morgan fingerprint density at radius 3 is 2.07 bits per heavy atom. The molecule has 0 fully saturated rings. The molecule has 6 heteroatoms. The van der Waals surface area contributed by atoms with E-state index in [1.54, 1.807) is 12.1 Å². The molecule has 3 aromatic rings. The van der Waals surface area contributed by atoms with E-state index in [0.717, 1.165) is 22.4 Å². The lowest BCUT2D eigenvalue weighted by Gasteiger charge is -2.12. The first-order valence-corrected chi connectivity index (χ1v) is 10.0. The summed E-state index contributed by atoms with van der Waals surface area (Å²) in [5.41, 5.74) is 9.08. The van der Waals surface area contributed by atoms with Crippen molar-refractivity contribution in [3.63, 3.8) is 0 Å². The normalized spacial score (nSPS) is 11.3. The molecule has 3 N–H and O–H groups in total. The Morgan fingerprint density at radius 1 is 0.889 bits per heavy atom. The van der Waals surface area contributed by atoms with Crippen LogP contribution in [0.25, 0.3) is 0 Å². The molecular formula is C21H22N2O3S. The second-order valence-electron chi connectivity index (χ2n) is 6.36. The zero-order valence-electron chi connectivity index (χ0n) is 15.3. The van der Waals surface area contributed by atoms with Gasteiger partial charge in [0.25, 0.3) is 0 Å². The van der Waals surface area contributed by atoms with Crippen molar-refractivity contribution >= 4 is 15.7 Å². The number of benzene rings is 3. The molecule has 0 atom stereocenters. The Hall–Kier alpha value is -2.83. The molecule has 0 bridgehead atoms. The third-order valence-electron chi connectivity index (χ3n) is 4.21. The van der Waals surface area contributed by atoms with E-state index in [9.17, 15) is 8.42 Å². The molecule has 0 saturated heterocycles. The molecule has 0 aliphatic rings. The Morgan fingerprint density at radius 2 is 1.48 bits per heavy atom. The monoisotopic (exact) mass is 382 g/mol. The summed E-state index contributed by atoms with van der Waals surface area (Å²) in [5, 5.41) is 0. The average Bonchev–Trinajstić information content (AvgIpc) is 2.65. The summed E-state index contributed by atoms with van der Waals surface area (Å²) in [7, 11) is -3.58. The molecule has 0 radical (unpaired) electrons. The summed E-state index contributed by atoms with van der Waals surface area (Å²) in [6.45, 7) is 4.20. The maximum Gasteiger partial charge on any atom is 0.240 e. The van der Waals surface area contributed by atoms with Gasteiger partial charge < -0.3 is 10.5 Å². The van der Waals surface area contributed by atoms with E-state index in [4.69, 9.17) is 10.5 Å². The lowest BCUT2D eigenvalue weighted by Crippen LogP contribution is -2.23. The first-order chi connectivity index (χ1) is 12.8. The van der Waals surface area contributed by atoms with Gasteiger partial charge in [0.05, 0.1) is 4.90 Å². The van der Waals surface area contributed by atoms with Crippen molar-refractivity contribution in [3.05, 3.63) is 83.4 Å². The van der Waals surface area contributed by atoms with Crippen LogP contribution in [0.3, 0.4) is 0 Å². The highest BCUT2D eigenvalue weighted by Crippen LogP contribution is 2.28. The van der Waals surface area contributed by atoms with E-state index < -0.39 is 10.0 Å². The number of rotatable bonds is 6. The molecule has 0 aliphatic carbocycles. The topological polar surface area (TPSA) is 81.4 Å². The van der Waals surface area contributed by atoms with Gasteiger partial charge in [-0.15, -0.1) is 0 Å². The third kappa shape index (κ3) is 4.67. The van der Waals surface area contributed by atoms with Crippen molar-refractivity contribution in [1.82, 2.24) is 4.72 Å². The first kappa shape index (κ1) is 18.9. The highest BCUT2D eigenvalue weighted by atomic mass is 32.2. The quantitative estimate of drug-likeness (QED) is 0.627. The smallest absolute Gasteiger partial charge is 0.240 e. The number of sulfonamides is 1. The lowest BCUT2D eigenvalue weighted by atomic mass is 10.1. The van der Waals surface area contributed by atoms with Gasteiger partial charge in [-0.05, 0) is 66.9 Å². The minimum absolute atomic E-state index is 0.187. The predicted molar refractivity (Wildman–Crippen MR) is 107 cm³/mol. The largest absolute Gasteiger partial charge is 0.457 e. The molecule has 5 nitrogen and oxygen atoms in total. The van der Waals surface area contributed by atoms with Crippen LogP contribution < -0.4 is 15.2 Å². The molecule has 3 aromatic carbocycles. The van der Waals surface area contributed by atoms with Gasteiger partial charge in [0, 0.05) is 12.2 Å². The highest BCUT2D eigenvalue weighted by Gasteiger charge is 2.13. The Kier molecular flexibility index (Phi) is 5.48. The van der Waals surface area contributed by atoms with E-state index in [1.165, 1.54) is 12.1 Å². The molecule has 0 spiro atoms. The number of nitrogens with one attached hydrogen (secondary N) is 1. The van der Waals surface area contributed by atoms with Crippen molar-refractivity contribution in [2.45, 2.75) is 25.3 Å². The summed E-state index contributed by atoms with van der Waals surface area (Å²) in [5.74, 6) is 1.55. The molecule has 0 unspecified atom stereocenters. The number of ether oxygens (including phenoxy) is 1. The van der Waals surface area contributed by atoms with Gasteiger partial charge >= 0.3 is 0 Å². The number of nitrogens with two attached hydrogens (primary N) is 1. The van der Waals surface area contributed by atoms with E-state index in [2.05, 4.69) is 4.72 Å². The van der Waals surface area contributed by atoms with E-state index in [-0.39, 0.29) is 11.4 Å². The molecule has 0 aromatic heterocycles. The number of para-hydroxylation sites is 1. The van der Waals surface area contributed by atoms with Crippen LogP contribution in [0.15, 0.2) is 71.6 Å². The van der Waals surface area contributed by atoms with Crippen LogP contribution in [0, 0.1) is 13.8 Å². The second-order valence-corrected chi connectivity index (χ2v) is 8.13. The highest BCUT2D eigenvalue weighted by molar-refractivity contribution is 7.89. The van der Waals surface area contributed by atoms with Crippen LogP contribution >= 0.6 is 0 Å². The number of anilines is 1.